The summed E-state index contributed by atoms with van der Waals surface area (Å²) in [6, 6.07) is 9.35. The average molecular weight is 352 g/mol. The van der Waals surface area contributed by atoms with Gasteiger partial charge in [-0.25, -0.2) is 4.98 Å². The maximum Gasteiger partial charge on any atom is 0.259 e. The molecule has 7 nitrogen and oxygen atoms in total. The molecule has 134 valence electrons. The van der Waals surface area contributed by atoms with Crippen LogP contribution in [0.1, 0.15) is 22.5 Å². The molecule has 0 unspecified atom stereocenters. The van der Waals surface area contributed by atoms with E-state index in [2.05, 4.69) is 10.1 Å². The van der Waals surface area contributed by atoms with Gasteiger partial charge >= 0.3 is 0 Å². The summed E-state index contributed by atoms with van der Waals surface area (Å²) in [5, 5.41) is 4.64. The molecule has 3 aromatic rings. The molecule has 0 aliphatic carbocycles. The number of pyridine rings is 1. The molecular formula is C19H20N4O3. The number of rotatable bonds is 3. The zero-order chi connectivity index (χ0) is 18.3. The van der Waals surface area contributed by atoms with E-state index < -0.39 is 0 Å². The SMILES string of the molecule is COc1ccccc1-c1cc(C(=O)N2CC[C@@H](N)C2)c2c(C)noc2n1. The summed E-state index contributed by atoms with van der Waals surface area (Å²) in [6.45, 7) is 3.01. The van der Waals surface area contributed by atoms with E-state index in [9.17, 15) is 4.79 Å². The van der Waals surface area contributed by atoms with Crippen molar-refractivity contribution in [2.75, 3.05) is 20.2 Å². The summed E-state index contributed by atoms with van der Waals surface area (Å²) in [6.07, 6.45) is 0.807. The van der Waals surface area contributed by atoms with Gasteiger partial charge < -0.3 is 19.9 Å². The molecule has 2 N–H and O–H groups in total. The number of para-hydroxylation sites is 1. The second-order valence-corrected chi connectivity index (χ2v) is 6.50. The highest BCUT2D eigenvalue weighted by molar-refractivity contribution is 6.07. The first-order valence-corrected chi connectivity index (χ1v) is 8.53. The number of carbonyl (C=O) groups is 1. The van der Waals surface area contributed by atoms with E-state index in [0.717, 1.165) is 12.0 Å². The zero-order valence-electron chi connectivity index (χ0n) is 14.7. The quantitative estimate of drug-likeness (QED) is 0.778. The highest BCUT2D eigenvalue weighted by Crippen LogP contribution is 2.33. The molecule has 0 spiro atoms. The highest BCUT2D eigenvalue weighted by Gasteiger charge is 2.28. The van der Waals surface area contributed by atoms with Gasteiger partial charge in [0, 0.05) is 24.7 Å². The Morgan fingerprint density at radius 1 is 1.38 bits per heavy atom. The maximum absolute atomic E-state index is 13.1. The van der Waals surface area contributed by atoms with Gasteiger partial charge in [-0.3, -0.25) is 4.79 Å². The lowest BCUT2D eigenvalue weighted by Crippen LogP contribution is -2.32. The molecule has 1 fully saturated rings. The number of amides is 1. The van der Waals surface area contributed by atoms with Gasteiger partial charge in [-0.05, 0) is 31.5 Å². The fourth-order valence-electron chi connectivity index (χ4n) is 3.40. The van der Waals surface area contributed by atoms with Gasteiger partial charge in [0.05, 0.1) is 29.4 Å². The van der Waals surface area contributed by atoms with Gasteiger partial charge in [0.1, 0.15) is 5.75 Å². The van der Waals surface area contributed by atoms with Crippen LogP contribution in [0.3, 0.4) is 0 Å². The smallest absolute Gasteiger partial charge is 0.259 e. The minimum absolute atomic E-state index is 0.0218. The van der Waals surface area contributed by atoms with Crippen LogP contribution in [0, 0.1) is 6.92 Å². The predicted octanol–water partition coefficient (Wildman–Crippen LogP) is 2.38. The van der Waals surface area contributed by atoms with Gasteiger partial charge in [0.15, 0.2) is 0 Å². The lowest BCUT2D eigenvalue weighted by Gasteiger charge is -2.17. The molecule has 3 heterocycles. The Hall–Kier alpha value is -2.93. The molecule has 0 saturated carbocycles. The standard InChI is InChI=1S/C19H20N4O3/c1-11-17-14(19(24)23-8-7-12(20)10-23)9-15(21-18(17)26-22-11)13-5-3-4-6-16(13)25-2/h3-6,9,12H,7-8,10,20H2,1-2H3/t12-/m1/s1. The minimum atomic E-state index is -0.0761. The second kappa shape index (κ2) is 6.42. The Morgan fingerprint density at radius 3 is 2.92 bits per heavy atom. The molecule has 1 aliphatic rings. The largest absolute Gasteiger partial charge is 0.496 e. The fourth-order valence-corrected chi connectivity index (χ4v) is 3.40. The Balaban J connectivity index is 1.88. The monoisotopic (exact) mass is 352 g/mol. The summed E-state index contributed by atoms with van der Waals surface area (Å²) < 4.78 is 10.8. The van der Waals surface area contributed by atoms with Crippen molar-refractivity contribution in [2.24, 2.45) is 5.73 Å². The van der Waals surface area contributed by atoms with Gasteiger partial charge in [-0.1, -0.05) is 17.3 Å². The van der Waals surface area contributed by atoms with Crippen LogP contribution in [0.25, 0.3) is 22.4 Å². The summed E-state index contributed by atoms with van der Waals surface area (Å²) in [5.41, 5.74) is 8.89. The van der Waals surface area contributed by atoms with E-state index in [4.69, 9.17) is 15.0 Å². The number of ether oxygens (including phenoxy) is 1. The number of fused-ring (bicyclic) bond motifs is 1. The van der Waals surface area contributed by atoms with E-state index in [1.807, 2.05) is 31.2 Å². The minimum Gasteiger partial charge on any atom is -0.496 e. The number of benzene rings is 1. The number of aryl methyl sites for hydroxylation is 1. The number of carbonyl (C=O) groups excluding carboxylic acids is 1. The van der Waals surface area contributed by atoms with Gasteiger partial charge in [-0.2, -0.15) is 0 Å². The van der Waals surface area contributed by atoms with Crippen molar-refractivity contribution >= 4 is 17.0 Å². The fraction of sp³-hybridized carbons (Fsp3) is 0.316. The zero-order valence-corrected chi connectivity index (χ0v) is 14.7. The van der Waals surface area contributed by atoms with Crippen LogP contribution >= 0.6 is 0 Å². The lowest BCUT2D eigenvalue weighted by atomic mass is 10.0. The Morgan fingerprint density at radius 2 is 2.19 bits per heavy atom. The summed E-state index contributed by atoms with van der Waals surface area (Å²) >= 11 is 0. The summed E-state index contributed by atoms with van der Waals surface area (Å²) in [5.74, 6) is 0.602. The highest BCUT2D eigenvalue weighted by atomic mass is 16.5. The molecule has 0 bridgehead atoms. The van der Waals surface area contributed by atoms with Crippen molar-refractivity contribution < 1.29 is 14.1 Å². The number of hydrogen-bond donors (Lipinski definition) is 1. The molecule has 1 saturated heterocycles. The third kappa shape index (κ3) is 2.70. The molecule has 1 atom stereocenters. The third-order valence-electron chi connectivity index (χ3n) is 4.74. The van der Waals surface area contributed by atoms with Crippen LogP contribution in [-0.2, 0) is 0 Å². The molecule has 7 heteroatoms. The van der Waals surface area contributed by atoms with E-state index in [1.54, 1.807) is 18.1 Å². The Labute approximate surface area is 150 Å². The van der Waals surface area contributed by atoms with Crippen LogP contribution in [0.15, 0.2) is 34.9 Å². The van der Waals surface area contributed by atoms with Crippen molar-refractivity contribution in [1.82, 2.24) is 15.0 Å². The Kier molecular flexibility index (Phi) is 4.08. The van der Waals surface area contributed by atoms with E-state index in [1.165, 1.54) is 0 Å². The molecule has 0 radical (unpaired) electrons. The maximum atomic E-state index is 13.1. The molecule has 1 amide bonds. The van der Waals surface area contributed by atoms with Crippen molar-refractivity contribution in [1.29, 1.82) is 0 Å². The van der Waals surface area contributed by atoms with E-state index in [-0.39, 0.29) is 11.9 Å². The van der Waals surface area contributed by atoms with Crippen LogP contribution in [-0.4, -0.2) is 47.2 Å². The third-order valence-corrected chi connectivity index (χ3v) is 4.74. The number of methoxy groups -OCH3 is 1. The van der Waals surface area contributed by atoms with Crippen LogP contribution in [0.4, 0.5) is 0 Å². The molecule has 1 aliphatic heterocycles. The van der Waals surface area contributed by atoms with Crippen LogP contribution in [0.2, 0.25) is 0 Å². The Bertz CT molecular complexity index is 982. The van der Waals surface area contributed by atoms with Crippen molar-refractivity contribution in [2.45, 2.75) is 19.4 Å². The summed E-state index contributed by atoms with van der Waals surface area (Å²) in [4.78, 5) is 19.5. The number of aromatic nitrogens is 2. The van der Waals surface area contributed by atoms with Crippen LogP contribution in [0.5, 0.6) is 5.75 Å². The number of nitrogens with zero attached hydrogens (tertiary/aromatic N) is 3. The van der Waals surface area contributed by atoms with Gasteiger partial charge in [0.2, 0.25) is 0 Å². The normalized spacial score (nSPS) is 17.0. The first kappa shape index (κ1) is 16.5. The predicted molar refractivity (Wildman–Crippen MR) is 97.0 cm³/mol. The number of nitrogens with two attached hydrogens (primary N) is 1. The summed E-state index contributed by atoms with van der Waals surface area (Å²) in [7, 11) is 1.60. The molecule has 2 aromatic heterocycles. The topological polar surface area (TPSA) is 94.5 Å². The van der Waals surface area contributed by atoms with Crippen molar-refractivity contribution in [3.05, 3.63) is 41.6 Å². The molecule has 26 heavy (non-hydrogen) atoms. The van der Waals surface area contributed by atoms with Crippen LogP contribution < -0.4 is 10.5 Å². The van der Waals surface area contributed by atoms with Gasteiger partial charge in [-0.15, -0.1) is 0 Å². The first-order valence-electron chi connectivity index (χ1n) is 8.53. The number of hydrogen-bond acceptors (Lipinski definition) is 6. The molecule has 1 aromatic carbocycles. The molecular weight excluding hydrogens is 332 g/mol. The second-order valence-electron chi connectivity index (χ2n) is 6.50. The lowest BCUT2D eigenvalue weighted by molar-refractivity contribution is 0.0792. The first-order chi connectivity index (χ1) is 12.6. The van der Waals surface area contributed by atoms with Crippen molar-refractivity contribution in [3.8, 4) is 17.0 Å². The average Bonchev–Trinajstić information content (AvgIpc) is 3.26. The number of likely N-dealkylation sites (tertiary alicyclic amines) is 1. The molecule has 4 rings (SSSR count). The van der Waals surface area contributed by atoms with Crippen molar-refractivity contribution in [3.63, 3.8) is 0 Å². The van der Waals surface area contributed by atoms with E-state index >= 15 is 0 Å². The van der Waals surface area contributed by atoms with Gasteiger partial charge in [0.25, 0.3) is 11.6 Å². The van der Waals surface area contributed by atoms with E-state index in [0.29, 0.717) is 46.9 Å².